The molecule has 1 saturated heterocycles. The second-order valence-electron chi connectivity index (χ2n) is 5.80. The molecule has 5 heteroatoms. The number of methoxy groups -OCH3 is 1. The van der Waals surface area contributed by atoms with Crippen molar-refractivity contribution in [2.45, 2.75) is 25.8 Å². The van der Waals surface area contributed by atoms with Gasteiger partial charge in [0.2, 0.25) is 11.8 Å². The summed E-state index contributed by atoms with van der Waals surface area (Å²) in [6.07, 6.45) is 5.07. The lowest BCUT2D eigenvalue weighted by Crippen LogP contribution is -2.33. The van der Waals surface area contributed by atoms with Gasteiger partial charge in [-0.05, 0) is 43.3 Å². The van der Waals surface area contributed by atoms with E-state index in [1.807, 2.05) is 12.1 Å². The van der Waals surface area contributed by atoms with Gasteiger partial charge in [0.1, 0.15) is 0 Å². The zero-order chi connectivity index (χ0) is 14.0. The lowest BCUT2D eigenvalue weighted by atomic mass is 9.92. The van der Waals surface area contributed by atoms with Crippen molar-refractivity contribution in [1.82, 2.24) is 15.6 Å². The molecule has 2 N–H and O–H groups in total. The first kappa shape index (κ1) is 13.4. The molecule has 0 radical (unpaired) electrons. The van der Waals surface area contributed by atoms with Crippen LogP contribution in [0.4, 0.5) is 0 Å². The molecule has 1 unspecified atom stereocenters. The summed E-state index contributed by atoms with van der Waals surface area (Å²) in [6, 6.07) is 3.74. The Bertz CT molecular complexity index is 480. The van der Waals surface area contributed by atoms with E-state index in [4.69, 9.17) is 4.74 Å². The number of aromatic nitrogens is 1. The number of amides is 1. The lowest BCUT2D eigenvalue weighted by Gasteiger charge is -2.23. The number of nitrogens with zero attached hydrogens (tertiary/aromatic N) is 1. The highest BCUT2D eigenvalue weighted by atomic mass is 16.5. The largest absolute Gasteiger partial charge is 0.481 e. The fraction of sp³-hybridized carbons (Fsp3) is 0.600. The molecule has 20 heavy (non-hydrogen) atoms. The summed E-state index contributed by atoms with van der Waals surface area (Å²) in [5.74, 6) is 1.01. The quantitative estimate of drug-likeness (QED) is 0.863. The molecule has 2 fully saturated rings. The molecule has 1 aliphatic carbocycles. The highest BCUT2D eigenvalue weighted by molar-refractivity contribution is 5.82. The molecule has 0 aromatic carbocycles. The molecule has 3 rings (SSSR count). The maximum atomic E-state index is 12.2. The van der Waals surface area contributed by atoms with Crippen molar-refractivity contribution in [3.8, 4) is 5.88 Å². The monoisotopic (exact) mass is 275 g/mol. The fourth-order valence-corrected chi connectivity index (χ4v) is 3.14. The number of nitrogens with one attached hydrogen (secondary N) is 2. The Morgan fingerprint density at radius 3 is 2.95 bits per heavy atom. The van der Waals surface area contributed by atoms with E-state index in [9.17, 15) is 4.79 Å². The second kappa shape index (κ2) is 5.40. The molecule has 2 aliphatic rings. The van der Waals surface area contributed by atoms with E-state index in [1.165, 1.54) is 0 Å². The molecule has 108 valence electrons. The molecular weight excluding hydrogens is 254 g/mol. The van der Waals surface area contributed by atoms with E-state index < -0.39 is 0 Å². The minimum absolute atomic E-state index is 0.197. The van der Waals surface area contributed by atoms with Crippen molar-refractivity contribution in [3.63, 3.8) is 0 Å². The van der Waals surface area contributed by atoms with Gasteiger partial charge in [-0.2, -0.15) is 0 Å². The Hall–Kier alpha value is -1.62. The van der Waals surface area contributed by atoms with Gasteiger partial charge in [0.05, 0.1) is 7.11 Å². The van der Waals surface area contributed by atoms with Crippen molar-refractivity contribution in [2.75, 3.05) is 20.2 Å². The van der Waals surface area contributed by atoms with Gasteiger partial charge < -0.3 is 15.4 Å². The number of rotatable bonds is 4. The SMILES string of the molecule is COc1ccc(CNC(=O)C2CC23CCNCC3)cn1. The van der Waals surface area contributed by atoms with Crippen LogP contribution in [0.15, 0.2) is 18.3 Å². The van der Waals surface area contributed by atoms with Gasteiger partial charge in [0.25, 0.3) is 0 Å². The maximum Gasteiger partial charge on any atom is 0.223 e. The van der Waals surface area contributed by atoms with Crippen molar-refractivity contribution in [2.24, 2.45) is 11.3 Å². The Balaban J connectivity index is 1.50. The summed E-state index contributed by atoms with van der Waals surface area (Å²) in [5, 5.41) is 6.39. The first-order chi connectivity index (χ1) is 9.73. The number of carbonyl (C=O) groups excluding carboxylic acids is 1. The Morgan fingerprint density at radius 2 is 2.30 bits per heavy atom. The number of pyridine rings is 1. The van der Waals surface area contributed by atoms with E-state index in [1.54, 1.807) is 13.3 Å². The van der Waals surface area contributed by atoms with Gasteiger partial charge in [-0.25, -0.2) is 4.98 Å². The number of hydrogen-bond donors (Lipinski definition) is 2. The molecule has 1 aliphatic heterocycles. The summed E-state index contributed by atoms with van der Waals surface area (Å²) in [7, 11) is 1.59. The van der Waals surface area contributed by atoms with Crippen LogP contribution in [0.5, 0.6) is 5.88 Å². The molecule has 2 heterocycles. The second-order valence-corrected chi connectivity index (χ2v) is 5.80. The third-order valence-electron chi connectivity index (χ3n) is 4.58. The van der Waals surface area contributed by atoms with E-state index in [0.29, 0.717) is 17.8 Å². The van der Waals surface area contributed by atoms with Gasteiger partial charge in [-0.15, -0.1) is 0 Å². The minimum Gasteiger partial charge on any atom is -0.481 e. The Morgan fingerprint density at radius 1 is 1.50 bits per heavy atom. The van der Waals surface area contributed by atoms with Crippen molar-refractivity contribution < 1.29 is 9.53 Å². The lowest BCUT2D eigenvalue weighted by molar-refractivity contribution is -0.123. The van der Waals surface area contributed by atoms with Crippen molar-refractivity contribution >= 4 is 5.91 Å². The van der Waals surface area contributed by atoms with Crippen LogP contribution in [0.1, 0.15) is 24.8 Å². The van der Waals surface area contributed by atoms with Crippen LogP contribution in [0, 0.1) is 11.3 Å². The first-order valence-electron chi connectivity index (χ1n) is 7.21. The minimum atomic E-state index is 0.197. The number of hydrogen-bond acceptors (Lipinski definition) is 4. The maximum absolute atomic E-state index is 12.2. The smallest absolute Gasteiger partial charge is 0.223 e. The average molecular weight is 275 g/mol. The normalized spacial score (nSPS) is 23.4. The van der Waals surface area contributed by atoms with E-state index >= 15 is 0 Å². The van der Waals surface area contributed by atoms with Gasteiger partial charge in [0.15, 0.2) is 0 Å². The van der Waals surface area contributed by atoms with E-state index in [2.05, 4.69) is 15.6 Å². The molecule has 5 nitrogen and oxygen atoms in total. The van der Waals surface area contributed by atoms with Gasteiger partial charge in [-0.1, -0.05) is 6.07 Å². The topological polar surface area (TPSA) is 63.2 Å². The Kier molecular flexibility index (Phi) is 3.61. The van der Waals surface area contributed by atoms with Crippen LogP contribution in [-0.4, -0.2) is 31.1 Å². The van der Waals surface area contributed by atoms with Crippen molar-refractivity contribution in [3.05, 3.63) is 23.9 Å². The van der Waals surface area contributed by atoms with Crippen LogP contribution in [-0.2, 0) is 11.3 Å². The zero-order valence-electron chi connectivity index (χ0n) is 11.8. The molecule has 1 atom stereocenters. The van der Waals surface area contributed by atoms with Crippen LogP contribution in [0.3, 0.4) is 0 Å². The molecule has 1 spiro atoms. The Labute approximate surface area is 119 Å². The molecule has 1 amide bonds. The standard InChI is InChI=1S/C15H21N3O2/c1-20-13-3-2-11(9-17-13)10-18-14(19)12-8-15(12)4-6-16-7-5-15/h2-3,9,12,16H,4-8,10H2,1H3,(H,18,19). The molecular formula is C15H21N3O2. The van der Waals surface area contributed by atoms with E-state index in [0.717, 1.165) is 37.9 Å². The van der Waals surface area contributed by atoms with Crippen LogP contribution >= 0.6 is 0 Å². The summed E-state index contributed by atoms with van der Waals surface area (Å²) < 4.78 is 5.01. The van der Waals surface area contributed by atoms with Gasteiger partial charge in [-0.3, -0.25) is 4.79 Å². The summed E-state index contributed by atoms with van der Waals surface area (Å²) in [6.45, 7) is 2.64. The molecule has 1 saturated carbocycles. The zero-order valence-corrected chi connectivity index (χ0v) is 11.8. The number of carbonyl (C=O) groups is 1. The van der Waals surface area contributed by atoms with Gasteiger partial charge >= 0.3 is 0 Å². The predicted molar refractivity (Wildman–Crippen MR) is 75.3 cm³/mol. The third-order valence-corrected chi connectivity index (χ3v) is 4.58. The number of ether oxygens (including phenoxy) is 1. The molecule has 1 aromatic heterocycles. The third kappa shape index (κ3) is 2.63. The first-order valence-corrected chi connectivity index (χ1v) is 7.21. The average Bonchev–Trinajstić information content (AvgIpc) is 3.19. The fourth-order valence-electron chi connectivity index (χ4n) is 3.14. The van der Waals surface area contributed by atoms with Gasteiger partial charge in [0, 0.05) is 24.7 Å². The molecule has 1 aromatic rings. The highest BCUT2D eigenvalue weighted by Gasteiger charge is 2.57. The van der Waals surface area contributed by atoms with Crippen molar-refractivity contribution in [1.29, 1.82) is 0 Å². The van der Waals surface area contributed by atoms with E-state index in [-0.39, 0.29) is 11.8 Å². The van der Waals surface area contributed by atoms with Crippen LogP contribution in [0.25, 0.3) is 0 Å². The van der Waals surface area contributed by atoms with Crippen LogP contribution in [0.2, 0.25) is 0 Å². The molecule has 0 bridgehead atoms. The summed E-state index contributed by atoms with van der Waals surface area (Å²) in [5.41, 5.74) is 1.30. The summed E-state index contributed by atoms with van der Waals surface area (Å²) >= 11 is 0. The summed E-state index contributed by atoms with van der Waals surface area (Å²) in [4.78, 5) is 16.3. The predicted octanol–water partition coefficient (Wildman–Crippen LogP) is 1.10. The van der Waals surface area contributed by atoms with Crippen LogP contribution < -0.4 is 15.4 Å². The highest BCUT2D eigenvalue weighted by Crippen LogP contribution is 2.58. The number of piperidine rings is 1.